The summed E-state index contributed by atoms with van der Waals surface area (Å²) >= 11 is 0. The molecule has 44 nitrogen and oxygen atoms in total. The molecule has 7 saturated heterocycles. The molecule has 0 radical (unpaired) electrons. The lowest BCUT2D eigenvalue weighted by atomic mass is 9.89. The molecular formula is C57H97N3O41. The molecule has 0 aromatic heterocycles. The number of carboxylic acids is 1. The lowest BCUT2D eigenvalue weighted by Gasteiger charge is -2.51. The minimum Gasteiger partial charge on any atom is -0.477 e. The Labute approximate surface area is 573 Å². The second kappa shape index (κ2) is 36.4. The van der Waals surface area contributed by atoms with Crippen molar-refractivity contribution in [2.24, 2.45) is 0 Å². The summed E-state index contributed by atoms with van der Waals surface area (Å²) < 4.78 is 81.8. The number of aliphatic hydroxyl groups excluding tert-OH is 22. The molecule has 40 atom stereocenters. The van der Waals surface area contributed by atoms with Gasteiger partial charge in [0.05, 0.1) is 70.1 Å². The number of ether oxygens (including phenoxy) is 14. The average molecular weight is 1480 g/mol. The van der Waals surface area contributed by atoms with Gasteiger partial charge in [-0.15, -0.1) is 0 Å². The van der Waals surface area contributed by atoms with Crippen LogP contribution in [0.2, 0.25) is 0 Å². The first-order valence-electron chi connectivity index (χ1n) is 32.2. The van der Waals surface area contributed by atoms with Crippen LogP contribution >= 0.6 is 0 Å². The summed E-state index contributed by atoms with van der Waals surface area (Å²) in [6.07, 6.45) is -74.7. The van der Waals surface area contributed by atoms with Crippen LogP contribution in [0, 0.1) is 0 Å². The van der Waals surface area contributed by atoms with Crippen molar-refractivity contribution in [2.45, 2.75) is 293 Å². The molecule has 26 N–H and O–H groups in total. The van der Waals surface area contributed by atoms with E-state index >= 15 is 0 Å². The van der Waals surface area contributed by atoms with E-state index in [4.69, 9.17) is 66.3 Å². The molecule has 3 amide bonds. The Morgan fingerprint density at radius 1 is 0.465 bits per heavy atom. The smallest absolute Gasteiger partial charge is 0.364 e. The van der Waals surface area contributed by atoms with E-state index in [0.717, 1.165) is 20.8 Å². The number of hydrogen-bond acceptors (Lipinski definition) is 40. The summed E-state index contributed by atoms with van der Waals surface area (Å²) in [5.41, 5.74) is 0. The van der Waals surface area contributed by atoms with Gasteiger partial charge in [-0.05, 0) is 20.8 Å². The van der Waals surface area contributed by atoms with Crippen molar-refractivity contribution in [3.8, 4) is 0 Å². The fourth-order valence-corrected chi connectivity index (χ4v) is 12.7. The highest BCUT2D eigenvalue weighted by atomic mass is 16.8. The number of amides is 3. The average Bonchev–Trinajstić information content (AvgIpc) is 0.754. The largest absolute Gasteiger partial charge is 0.477 e. The van der Waals surface area contributed by atoms with Crippen LogP contribution in [-0.4, -0.2) is 426 Å². The van der Waals surface area contributed by atoms with E-state index in [-0.39, 0.29) is 0 Å². The summed E-state index contributed by atoms with van der Waals surface area (Å²) in [6, 6.07) is -5.45. The van der Waals surface area contributed by atoms with Gasteiger partial charge in [-0.1, -0.05) is 0 Å². The first-order valence-corrected chi connectivity index (χ1v) is 32.2. The van der Waals surface area contributed by atoms with Crippen molar-refractivity contribution in [1.82, 2.24) is 16.0 Å². The topological polar surface area (TPSA) is 699 Å². The minimum absolute atomic E-state index is 0.813. The van der Waals surface area contributed by atoms with Crippen molar-refractivity contribution in [3.05, 3.63) is 0 Å². The summed E-state index contributed by atoms with van der Waals surface area (Å²) in [7, 11) is 0. The zero-order chi connectivity index (χ0) is 75.3. The Hall–Kier alpha value is -3.56. The standard InChI is InChI=1S/C57H97N3O41/c1-14-29(71)38(80)40(82)52(89-14)98-46-28(60-19(6)68)50(95-26(12-65)45(46)97-51-27(59-18(5)67)37(79)34(76)24(10-63)93-51)88-13-22(70)33(75)44(20(8-61)58-17(4)66)96-55-43(85)49(36(78)25(11-64)94-55)101-57(56(86)87)7-23(35(77)48(100-57)32(74)21(69)9-62)92-54-42(84)47(31(73)16(3)91-54)99-53-41(83)39(81)30(72)15(2)90-53/h14-16,20-55,61-65,69-85H,7-13H2,1-6H3,(H,58,66)(H,59,67)(H,60,68)(H,86,87)/t14-,15-,16-,20-,21+,22+,23-,24+,25+,26+,27+,28+,29+,30+,31+,32+,33-,34-,35+,36-,37+,38+,39+,40-,41-,42-,43+,44+,45+,46+,47+,48-,49-,50+,51-,52-,53-,54-,55-,57-/m0/s1. The van der Waals surface area contributed by atoms with Gasteiger partial charge in [0.15, 0.2) is 37.7 Å². The van der Waals surface area contributed by atoms with E-state index in [1.54, 1.807) is 0 Å². The van der Waals surface area contributed by atoms with Crippen LogP contribution in [0.1, 0.15) is 48.0 Å². The summed E-state index contributed by atoms with van der Waals surface area (Å²) in [5, 5.41) is 260. The Morgan fingerprint density at radius 3 is 1.47 bits per heavy atom. The van der Waals surface area contributed by atoms with Crippen LogP contribution in [0.4, 0.5) is 0 Å². The lowest BCUT2D eigenvalue weighted by Crippen LogP contribution is -2.71. The van der Waals surface area contributed by atoms with Crippen LogP contribution in [-0.2, 0) is 85.5 Å². The molecule has 0 aromatic carbocycles. The van der Waals surface area contributed by atoms with Crippen molar-refractivity contribution in [3.63, 3.8) is 0 Å². The van der Waals surface area contributed by atoms with Crippen molar-refractivity contribution >= 4 is 23.7 Å². The number of aliphatic carboxylic acids is 1. The van der Waals surface area contributed by atoms with E-state index in [2.05, 4.69) is 16.0 Å². The molecule has 7 aliphatic heterocycles. The molecule has 0 bridgehead atoms. The summed E-state index contributed by atoms with van der Waals surface area (Å²) in [4.78, 5) is 52.0. The molecule has 44 heteroatoms. The van der Waals surface area contributed by atoms with E-state index in [9.17, 15) is 137 Å². The zero-order valence-electron chi connectivity index (χ0n) is 55.1. The third-order valence-corrected chi connectivity index (χ3v) is 18.4. The molecule has 0 saturated carbocycles. The van der Waals surface area contributed by atoms with Gasteiger partial charge in [0.2, 0.25) is 17.7 Å². The molecule has 0 spiro atoms. The molecule has 0 aliphatic carbocycles. The van der Waals surface area contributed by atoms with Crippen molar-refractivity contribution < 1.29 is 203 Å². The number of carboxylic acid groups (broad SMARTS) is 1. The summed E-state index contributed by atoms with van der Waals surface area (Å²) in [5.74, 6) is -8.45. The maximum absolute atomic E-state index is 13.7. The van der Waals surface area contributed by atoms with Crippen LogP contribution in [0.3, 0.4) is 0 Å². The normalized spacial score (nSPS) is 45.7. The maximum atomic E-state index is 13.7. The minimum atomic E-state index is -3.50. The molecule has 0 aromatic rings. The number of hydrogen-bond donors (Lipinski definition) is 26. The number of rotatable bonds is 29. The maximum Gasteiger partial charge on any atom is 0.364 e. The number of carbonyl (C=O) groups excluding carboxylic acids is 3. The van der Waals surface area contributed by atoms with E-state index in [0.29, 0.717) is 0 Å². The van der Waals surface area contributed by atoms with E-state index < -0.39 is 315 Å². The predicted molar refractivity (Wildman–Crippen MR) is 314 cm³/mol. The third kappa shape index (κ3) is 19.1. The highest BCUT2D eigenvalue weighted by molar-refractivity contribution is 5.76. The van der Waals surface area contributed by atoms with Gasteiger partial charge in [0.25, 0.3) is 5.79 Å². The lowest BCUT2D eigenvalue weighted by molar-refractivity contribution is -0.396. The zero-order valence-corrected chi connectivity index (χ0v) is 55.1. The highest BCUT2D eigenvalue weighted by Crippen LogP contribution is 2.42. The van der Waals surface area contributed by atoms with E-state index in [1.165, 1.54) is 20.8 Å². The molecule has 7 heterocycles. The van der Waals surface area contributed by atoms with E-state index in [1.807, 2.05) is 0 Å². The van der Waals surface area contributed by atoms with Crippen LogP contribution in [0.5, 0.6) is 0 Å². The van der Waals surface area contributed by atoms with Crippen LogP contribution in [0.15, 0.2) is 0 Å². The molecular weight excluding hydrogens is 1380 g/mol. The first-order chi connectivity index (χ1) is 47.4. The monoisotopic (exact) mass is 1480 g/mol. The van der Waals surface area contributed by atoms with Gasteiger partial charge in [-0.25, -0.2) is 4.79 Å². The van der Waals surface area contributed by atoms with Gasteiger partial charge in [0, 0.05) is 27.2 Å². The Kier molecular flexibility index (Phi) is 30.5. The molecule has 586 valence electrons. The van der Waals surface area contributed by atoms with Gasteiger partial charge >= 0.3 is 5.97 Å². The van der Waals surface area contributed by atoms with Crippen LogP contribution < -0.4 is 16.0 Å². The van der Waals surface area contributed by atoms with Gasteiger partial charge in [0.1, 0.15) is 171 Å². The Bertz CT molecular complexity index is 2640. The highest BCUT2D eigenvalue weighted by Gasteiger charge is 2.63. The number of aliphatic hydroxyl groups is 22. The fourth-order valence-electron chi connectivity index (χ4n) is 12.7. The van der Waals surface area contributed by atoms with Crippen LogP contribution in [0.25, 0.3) is 0 Å². The Balaban J connectivity index is 1.18. The van der Waals surface area contributed by atoms with Gasteiger partial charge < -0.3 is 200 Å². The van der Waals surface area contributed by atoms with Gasteiger partial charge in [-0.2, -0.15) is 0 Å². The number of nitrogens with one attached hydrogen (secondary N) is 3. The van der Waals surface area contributed by atoms with Crippen molar-refractivity contribution in [2.75, 3.05) is 39.6 Å². The summed E-state index contributed by atoms with van der Waals surface area (Å²) in [6.45, 7) is -0.437. The SMILES string of the molecule is CC(=O)N[C@H]1[C@H](O[C@H]2[C@H](O[C@@H]3O[C@@H](C)[C@@H](O)[C@@H](O)[C@@H]3O)[C@@H](NC(C)=O)[C@H](OC[C@@H](O)[C@H](O)[C@H](O[C@@H]3O[C@H](CO)[C@H](O)[C@H](O[C@]4(C(=O)O)C[C@H](O[C@@H]5O[C@@H](C)[C@@H](O)[C@@H](O[C@@H]6O[C@@H](C)[C@@H](O)[C@@H](O)[C@@H]6O)[C@@H]5O)[C@@H](O)[C@H]([C@H](O)[C@H](O)CO)O4)[C@H]3O)[C@H](CO)NC(C)=O)O[C@@H]2CO)O[C@H](CO)[C@H](O)[C@@H]1O. The quantitative estimate of drug-likeness (QED) is 0.0331. The molecule has 7 aliphatic rings. The molecule has 7 fully saturated rings. The predicted octanol–water partition coefficient (Wildman–Crippen LogP) is -16.1. The number of carbonyl (C=O) groups is 4. The Morgan fingerprint density at radius 2 is 0.950 bits per heavy atom. The molecule has 101 heavy (non-hydrogen) atoms. The second-order valence-electron chi connectivity index (χ2n) is 25.8. The first kappa shape index (κ1) is 84.7. The van der Waals surface area contributed by atoms with Crippen molar-refractivity contribution in [1.29, 1.82) is 0 Å². The molecule has 7 rings (SSSR count). The third-order valence-electron chi connectivity index (χ3n) is 18.4. The molecule has 0 unspecified atom stereocenters. The second-order valence-corrected chi connectivity index (χ2v) is 25.8. The fraction of sp³-hybridized carbons (Fsp3) is 0.930. The van der Waals surface area contributed by atoms with Gasteiger partial charge in [-0.3, -0.25) is 14.4 Å².